The molecule has 3 nitrogen and oxygen atoms in total. The Morgan fingerprint density at radius 2 is 1.68 bits per heavy atom. The van der Waals surface area contributed by atoms with E-state index in [1.165, 1.54) is 24.1 Å². The number of hydrogen-bond donors (Lipinski definition) is 1. The van der Waals surface area contributed by atoms with Crippen LogP contribution in [0.5, 0.6) is 0 Å². The predicted molar refractivity (Wildman–Crippen MR) is 90.0 cm³/mol. The summed E-state index contributed by atoms with van der Waals surface area (Å²) in [6.07, 6.45) is 3.15. The Labute approximate surface area is 132 Å². The number of benzene rings is 2. The first-order valence-corrected chi connectivity index (χ1v) is 7.92. The molecule has 1 amide bonds. The molecule has 3 heteroatoms. The first-order valence-electron chi connectivity index (χ1n) is 7.92. The molecule has 1 heterocycles. The van der Waals surface area contributed by atoms with E-state index in [9.17, 15) is 4.79 Å². The lowest BCUT2D eigenvalue weighted by Crippen LogP contribution is -2.32. The van der Waals surface area contributed by atoms with Gasteiger partial charge in [-0.2, -0.15) is 0 Å². The average Bonchev–Trinajstić information content (AvgIpc) is 2.61. The van der Waals surface area contributed by atoms with Crippen molar-refractivity contribution in [1.29, 1.82) is 0 Å². The highest BCUT2D eigenvalue weighted by Gasteiger charge is 2.20. The number of piperidine rings is 1. The lowest BCUT2D eigenvalue weighted by atomic mass is 9.89. The Bertz CT molecular complexity index is 587. The molecule has 0 aromatic heterocycles. The van der Waals surface area contributed by atoms with Crippen LogP contribution >= 0.6 is 0 Å². The maximum absolute atomic E-state index is 10.3. The van der Waals surface area contributed by atoms with Crippen LogP contribution in [0.2, 0.25) is 0 Å². The highest BCUT2D eigenvalue weighted by atomic mass is 16.1. The van der Waals surface area contributed by atoms with Gasteiger partial charge >= 0.3 is 0 Å². The van der Waals surface area contributed by atoms with E-state index in [-0.39, 0.29) is 0 Å². The van der Waals surface area contributed by atoms with E-state index in [0.717, 1.165) is 25.1 Å². The van der Waals surface area contributed by atoms with Gasteiger partial charge in [0, 0.05) is 25.3 Å². The lowest BCUT2D eigenvalue weighted by molar-refractivity contribution is -0.109. The highest BCUT2D eigenvalue weighted by Crippen LogP contribution is 2.30. The van der Waals surface area contributed by atoms with Crippen LogP contribution in [0, 0.1) is 0 Å². The zero-order valence-corrected chi connectivity index (χ0v) is 12.7. The molecular formula is C19H22N2O. The average molecular weight is 294 g/mol. The normalized spacial score (nSPS) is 15.5. The van der Waals surface area contributed by atoms with Gasteiger partial charge in [-0.15, -0.1) is 0 Å². The number of carbonyl (C=O) groups excluding carboxylic acids is 1. The first-order chi connectivity index (χ1) is 10.9. The zero-order chi connectivity index (χ0) is 15.2. The lowest BCUT2D eigenvalue weighted by Gasteiger charge is -2.34. The molecule has 0 aliphatic carbocycles. The van der Waals surface area contributed by atoms with Crippen molar-refractivity contribution in [3.05, 3.63) is 65.7 Å². The first kappa shape index (κ1) is 14.6. The fourth-order valence-corrected chi connectivity index (χ4v) is 3.18. The summed E-state index contributed by atoms with van der Waals surface area (Å²) in [5, 5.41) is 2.69. The van der Waals surface area contributed by atoms with Gasteiger partial charge in [-0.3, -0.25) is 4.79 Å². The van der Waals surface area contributed by atoms with E-state index in [2.05, 4.69) is 64.8 Å². The Hall–Kier alpha value is -2.29. The monoisotopic (exact) mass is 294 g/mol. The molecule has 114 valence electrons. The van der Waals surface area contributed by atoms with Crippen LogP contribution in [0.25, 0.3) is 0 Å². The fraction of sp³-hybridized carbons (Fsp3) is 0.316. The molecule has 1 aliphatic heterocycles. The molecule has 1 aliphatic rings. The molecule has 1 saturated heterocycles. The summed E-state index contributed by atoms with van der Waals surface area (Å²) in [4.78, 5) is 12.8. The third-order valence-corrected chi connectivity index (χ3v) is 4.46. The summed E-state index contributed by atoms with van der Waals surface area (Å²) in [5.41, 5.74) is 3.88. The van der Waals surface area contributed by atoms with Gasteiger partial charge in [-0.1, -0.05) is 42.5 Å². The van der Waals surface area contributed by atoms with Crippen LogP contribution in [-0.4, -0.2) is 19.5 Å². The van der Waals surface area contributed by atoms with Crippen LogP contribution in [0.4, 0.5) is 5.69 Å². The standard InChI is InChI=1S/C19H22N2O/c22-15-20-14-16-6-8-19(9-7-16)21-12-10-18(11-13-21)17-4-2-1-3-5-17/h1-9,15,18H,10-14H2,(H,20,22). The fourth-order valence-electron chi connectivity index (χ4n) is 3.18. The zero-order valence-electron chi connectivity index (χ0n) is 12.7. The van der Waals surface area contributed by atoms with Crippen molar-refractivity contribution >= 4 is 12.1 Å². The second kappa shape index (κ2) is 7.12. The van der Waals surface area contributed by atoms with Gasteiger partial charge in [-0.05, 0) is 42.0 Å². The third-order valence-electron chi connectivity index (χ3n) is 4.46. The van der Waals surface area contributed by atoms with E-state index < -0.39 is 0 Å². The summed E-state index contributed by atoms with van der Waals surface area (Å²) in [6.45, 7) is 2.80. The van der Waals surface area contributed by atoms with Crippen molar-refractivity contribution in [2.24, 2.45) is 0 Å². The Kier molecular flexibility index (Phi) is 4.74. The van der Waals surface area contributed by atoms with Crippen molar-refractivity contribution in [3.63, 3.8) is 0 Å². The maximum Gasteiger partial charge on any atom is 0.207 e. The number of nitrogens with one attached hydrogen (secondary N) is 1. The van der Waals surface area contributed by atoms with Crippen molar-refractivity contribution < 1.29 is 4.79 Å². The summed E-state index contributed by atoms with van der Waals surface area (Å²) >= 11 is 0. The number of hydrogen-bond acceptors (Lipinski definition) is 2. The summed E-state index contributed by atoms with van der Waals surface area (Å²) in [6, 6.07) is 19.3. The van der Waals surface area contributed by atoms with Gasteiger partial charge in [0.25, 0.3) is 0 Å². The van der Waals surface area contributed by atoms with E-state index in [4.69, 9.17) is 0 Å². The number of nitrogens with zero attached hydrogens (tertiary/aromatic N) is 1. The maximum atomic E-state index is 10.3. The summed E-state index contributed by atoms with van der Waals surface area (Å²) in [7, 11) is 0. The molecule has 0 spiro atoms. The third kappa shape index (κ3) is 3.48. The molecule has 0 radical (unpaired) electrons. The van der Waals surface area contributed by atoms with Gasteiger partial charge in [0.15, 0.2) is 0 Å². The molecule has 2 aromatic carbocycles. The molecule has 1 fully saturated rings. The van der Waals surface area contributed by atoms with Crippen LogP contribution < -0.4 is 10.2 Å². The molecule has 0 bridgehead atoms. The molecule has 2 aromatic rings. The van der Waals surface area contributed by atoms with Gasteiger partial charge in [0.05, 0.1) is 0 Å². The second-order valence-corrected chi connectivity index (χ2v) is 5.84. The SMILES string of the molecule is O=CNCc1ccc(N2CCC(c3ccccc3)CC2)cc1. The molecule has 3 rings (SSSR count). The Balaban J connectivity index is 1.58. The number of carbonyl (C=O) groups is 1. The molecule has 0 saturated carbocycles. The molecule has 0 atom stereocenters. The summed E-state index contributed by atoms with van der Waals surface area (Å²) < 4.78 is 0. The minimum atomic E-state index is 0.597. The van der Waals surface area contributed by atoms with E-state index in [1.54, 1.807) is 0 Å². The number of rotatable bonds is 5. The minimum absolute atomic E-state index is 0.597. The van der Waals surface area contributed by atoms with Crippen LogP contribution in [-0.2, 0) is 11.3 Å². The van der Waals surface area contributed by atoms with Gasteiger partial charge in [-0.25, -0.2) is 0 Å². The van der Waals surface area contributed by atoms with Gasteiger partial charge < -0.3 is 10.2 Å². The Morgan fingerprint density at radius 3 is 2.32 bits per heavy atom. The van der Waals surface area contributed by atoms with Gasteiger partial charge in [0.2, 0.25) is 6.41 Å². The topological polar surface area (TPSA) is 32.3 Å². The quantitative estimate of drug-likeness (QED) is 0.858. The minimum Gasteiger partial charge on any atom is -0.371 e. The van der Waals surface area contributed by atoms with Gasteiger partial charge in [0.1, 0.15) is 0 Å². The molecule has 1 N–H and O–H groups in total. The van der Waals surface area contributed by atoms with Crippen molar-refractivity contribution in [1.82, 2.24) is 5.32 Å². The number of anilines is 1. The predicted octanol–water partition coefficient (Wildman–Crippen LogP) is 3.32. The summed E-state index contributed by atoms with van der Waals surface area (Å²) in [5.74, 6) is 0.688. The van der Waals surface area contributed by atoms with Crippen LogP contribution in [0.3, 0.4) is 0 Å². The van der Waals surface area contributed by atoms with E-state index in [1.807, 2.05) is 0 Å². The highest BCUT2D eigenvalue weighted by molar-refractivity contribution is 5.50. The smallest absolute Gasteiger partial charge is 0.207 e. The number of amides is 1. The van der Waals surface area contributed by atoms with Crippen molar-refractivity contribution in [3.8, 4) is 0 Å². The van der Waals surface area contributed by atoms with Crippen molar-refractivity contribution in [2.75, 3.05) is 18.0 Å². The second-order valence-electron chi connectivity index (χ2n) is 5.84. The molecule has 22 heavy (non-hydrogen) atoms. The van der Waals surface area contributed by atoms with Crippen LogP contribution in [0.15, 0.2) is 54.6 Å². The van der Waals surface area contributed by atoms with E-state index in [0.29, 0.717) is 12.5 Å². The largest absolute Gasteiger partial charge is 0.371 e. The molecular weight excluding hydrogens is 272 g/mol. The van der Waals surface area contributed by atoms with Crippen LogP contribution in [0.1, 0.15) is 29.9 Å². The Morgan fingerprint density at radius 1 is 1.00 bits per heavy atom. The molecule has 0 unspecified atom stereocenters. The van der Waals surface area contributed by atoms with Crippen molar-refractivity contribution in [2.45, 2.75) is 25.3 Å². The van der Waals surface area contributed by atoms with E-state index >= 15 is 0 Å².